The number of rotatable bonds is 19. The molecule has 12 aromatic rings. The number of carbonyl (C=O) groups is 5. The molecule has 4 aromatic heterocycles. The van der Waals surface area contributed by atoms with Gasteiger partial charge in [0.2, 0.25) is 5.91 Å². The monoisotopic (exact) mass is 2040 g/mol. The Bertz CT molecular complexity index is 6360. The van der Waals surface area contributed by atoms with Gasteiger partial charge in [0.05, 0.1) is 80.1 Å². The van der Waals surface area contributed by atoms with Crippen LogP contribution in [-0.2, 0) is 35.2 Å². The van der Waals surface area contributed by atoms with Crippen LogP contribution >= 0.6 is 92.8 Å². The summed E-state index contributed by atoms with van der Waals surface area (Å²) in [6.45, 7) is 20.2. The molecule has 8 aromatic carbocycles. The Kier molecular flexibility index (Phi) is 35.2. The highest BCUT2D eigenvalue weighted by Crippen LogP contribution is 2.39. The quantitative estimate of drug-likeness (QED) is 0.0750. The predicted octanol–water partition coefficient (Wildman–Crippen LogP) is 23.2. The maximum atomic E-state index is 13.2. The zero-order valence-corrected chi connectivity index (χ0v) is 85.5. The number of halogens is 8. The van der Waals surface area contributed by atoms with Crippen molar-refractivity contribution in [1.82, 2.24) is 69.7 Å². The molecule has 140 heavy (non-hydrogen) atoms. The number of pyridine rings is 3. The van der Waals surface area contributed by atoms with E-state index in [9.17, 15) is 24.0 Å². The number of likely N-dealkylation sites (tertiary alicyclic amines) is 8. The molecule has 8 saturated heterocycles. The number of nitrogens with one attached hydrogen (secondary N) is 1. The summed E-state index contributed by atoms with van der Waals surface area (Å²) in [6.07, 6.45) is 26.7. The molecule has 0 radical (unpaired) electrons. The first-order chi connectivity index (χ1) is 68.0. The SMILES string of the molecule is C=C[C@@H]1CN(C2CCN(C(=O)c3ccc4ncccc4c3)CC2)CC[C@@H]1Cc1ccc(Cl)c(Cl)c1.CC(=O)N[C@@H]1CN(C2CCN(C(=O)c3ccc4ncccc4c3)CC2)CC[C@@H]1Cc1ccc(Cl)c(Cl)c1.CO[C@@H]1CN(C2CCN(C(=O)c3ccc4ncccc4c3)CC2)CC[C@@H]1Cc1ccc(Cl)c(Cl)c1.O=C(c1cnnc2ccccc12)N1CCC(N2CCC(Cc3ccc(Cl)c(Cl)c3)CC2)CC1.[HH]. The van der Waals surface area contributed by atoms with E-state index >= 15 is 0 Å². The lowest BCUT2D eigenvalue weighted by atomic mass is 9.80. The van der Waals surface area contributed by atoms with E-state index in [1.165, 1.54) is 29.5 Å². The Hall–Kier alpha value is -9.46. The third-order valence-electron chi connectivity index (χ3n) is 30.3. The normalized spacial score (nSPS) is 21.0. The largest absolute Gasteiger partial charge is 0.380 e. The van der Waals surface area contributed by atoms with Gasteiger partial charge < -0.3 is 34.6 Å². The second kappa shape index (κ2) is 48.3. The molecule has 0 saturated carbocycles. The number of carbonyl (C=O) groups excluding carboxylic acids is 5. The average Bonchev–Trinajstić information content (AvgIpc) is 0.802. The molecule has 1 N–H and O–H groups in total. The maximum absolute atomic E-state index is 13.2. The van der Waals surface area contributed by atoms with Crippen LogP contribution in [0.25, 0.3) is 43.6 Å². The Morgan fingerprint density at radius 2 is 0.750 bits per heavy atom. The van der Waals surface area contributed by atoms with Crippen molar-refractivity contribution in [3.8, 4) is 0 Å². The summed E-state index contributed by atoms with van der Waals surface area (Å²) >= 11 is 49.2. The minimum absolute atomic E-state index is 0. The minimum Gasteiger partial charge on any atom is -0.380 e. The summed E-state index contributed by atoms with van der Waals surface area (Å²) in [5.41, 5.74) is 11.2. The van der Waals surface area contributed by atoms with Crippen LogP contribution in [0.3, 0.4) is 0 Å². The standard InChI is InChI=1S/C29H32Cl2N4O2.C29H31Cl2N3O.C28H31Cl2N3O2.C26H28Cl2N4O.H2/c1-19(36)33-28-18-35(12-8-22(28)15-20-4-6-25(30)26(31)16-20)24-9-13-34(14-10-24)29(37)23-5-7-27-21(17-23)3-2-11-32-27;1-2-21-19-34(13-9-22(21)16-20-5-7-26(30)27(31)17-20)25-10-14-33(15-11-25)29(35)24-6-8-28-23(18-24)4-3-12-32-28;1-35-27-18-33(12-8-21(27)15-19-4-6-24(29)25(30)16-19)23-9-13-32(14-10-23)28(34)22-5-7-26-20(17-22)3-2-11-31-26;27-23-6-5-19(16-24(23)28)15-18-7-11-31(12-8-18)20-9-13-32(14-10-20)26(33)22-17-29-30-25-4-2-1-3-21(22)25;/h2-7,11,16-17,22,24,28H,8-10,12-15,18H2,1H3,(H,33,36);2-8,12,17-18,21-22,25H,1,9-11,13-16,19H2;2-7,11,16-17,21,23,27H,8-10,12-15,18H2,1H3;1-6,16-18,20H,7-15H2;1H/t22-,28-;21-,22-;21-,27-;;/m111../s1. The van der Waals surface area contributed by atoms with E-state index in [-0.39, 0.29) is 43.1 Å². The van der Waals surface area contributed by atoms with Crippen LogP contribution in [0.2, 0.25) is 40.2 Å². The summed E-state index contributed by atoms with van der Waals surface area (Å²) in [4.78, 5) is 96.0. The summed E-state index contributed by atoms with van der Waals surface area (Å²) in [6, 6.07) is 62.5. The molecule has 20 rings (SSSR count). The Balaban J connectivity index is 0.000000135. The van der Waals surface area contributed by atoms with Crippen molar-refractivity contribution in [1.29, 1.82) is 0 Å². The minimum atomic E-state index is -0.00279. The average molecular weight is 2050 g/mol. The van der Waals surface area contributed by atoms with Crippen LogP contribution in [0.5, 0.6) is 0 Å². The first-order valence-electron chi connectivity index (χ1n) is 49.5. The maximum Gasteiger partial charge on any atom is 0.256 e. The number of amides is 5. The molecule has 8 fully saturated rings. The number of ether oxygens (including phenoxy) is 1. The molecule has 28 heteroatoms. The molecule has 20 nitrogen and oxygen atoms in total. The van der Waals surface area contributed by atoms with E-state index in [0.29, 0.717) is 105 Å². The molecular formula is C112H124Cl8N14O6. The molecule has 0 spiro atoms. The van der Waals surface area contributed by atoms with E-state index in [0.717, 1.165) is 261 Å². The molecular weight excluding hydrogens is 1920 g/mol. The highest BCUT2D eigenvalue weighted by atomic mass is 35.5. The summed E-state index contributed by atoms with van der Waals surface area (Å²) < 4.78 is 5.93. The van der Waals surface area contributed by atoms with Crippen molar-refractivity contribution >= 4 is 166 Å². The van der Waals surface area contributed by atoms with Gasteiger partial charge in [-0.2, -0.15) is 10.2 Å². The zero-order chi connectivity index (χ0) is 97.5. The summed E-state index contributed by atoms with van der Waals surface area (Å²) in [5.74, 6) is 2.88. The molecule has 0 unspecified atom stereocenters. The number of piperidine rings is 8. The van der Waals surface area contributed by atoms with Gasteiger partial charge in [0.1, 0.15) is 0 Å². The lowest BCUT2D eigenvalue weighted by Gasteiger charge is -2.45. The smallest absolute Gasteiger partial charge is 0.256 e. The number of benzene rings is 8. The Morgan fingerprint density at radius 3 is 1.17 bits per heavy atom. The van der Waals surface area contributed by atoms with Gasteiger partial charge in [-0.3, -0.25) is 53.6 Å². The number of hydrogen-bond acceptors (Lipinski definition) is 15. The lowest BCUT2D eigenvalue weighted by Crippen LogP contribution is -2.57. The van der Waals surface area contributed by atoms with Gasteiger partial charge in [0, 0.05) is 174 Å². The second-order valence-corrected chi connectivity index (χ2v) is 42.3. The summed E-state index contributed by atoms with van der Waals surface area (Å²) in [5, 5.41) is 20.1. The van der Waals surface area contributed by atoms with Crippen LogP contribution in [0.4, 0.5) is 0 Å². The first-order valence-corrected chi connectivity index (χ1v) is 52.6. The van der Waals surface area contributed by atoms with Crippen molar-refractivity contribution in [2.75, 3.05) is 112 Å². The lowest BCUT2D eigenvalue weighted by molar-refractivity contribution is -0.120. The first kappa shape index (κ1) is 102. The molecule has 0 bridgehead atoms. The number of methoxy groups -OCH3 is 1. The van der Waals surface area contributed by atoms with E-state index in [1.54, 1.807) is 31.7 Å². The van der Waals surface area contributed by atoms with Gasteiger partial charge in [-0.25, -0.2) is 0 Å². The van der Waals surface area contributed by atoms with Crippen LogP contribution in [-0.4, -0.2) is 242 Å². The molecule has 0 aliphatic carbocycles. The van der Waals surface area contributed by atoms with E-state index in [4.69, 9.17) is 97.5 Å². The number of aromatic nitrogens is 5. The predicted molar refractivity (Wildman–Crippen MR) is 569 cm³/mol. The fourth-order valence-corrected chi connectivity index (χ4v) is 23.7. The van der Waals surface area contributed by atoms with Gasteiger partial charge in [-0.05, 0) is 321 Å². The summed E-state index contributed by atoms with van der Waals surface area (Å²) in [7, 11) is 1.82. The molecule has 12 heterocycles. The van der Waals surface area contributed by atoms with Crippen molar-refractivity contribution < 1.29 is 30.1 Å². The highest BCUT2D eigenvalue weighted by Gasteiger charge is 2.40. The zero-order valence-electron chi connectivity index (χ0n) is 79.5. The van der Waals surface area contributed by atoms with Gasteiger partial charge in [-0.15, -0.1) is 6.58 Å². The molecule has 6 atom stereocenters. The van der Waals surface area contributed by atoms with Crippen molar-refractivity contribution in [3.05, 3.63) is 310 Å². The topological polar surface area (TPSA) is 197 Å². The van der Waals surface area contributed by atoms with E-state index in [2.05, 4.69) is 80.9 Å². The van der Waals surface area contributed by atoms with Crippen molar-refractivity contribution in [2.24, 2.45) is 29.6 Å². The highest BCUT2D eigenvalue weighted by molar-refractivity contribution is 6.43. The third-order valence-corrected chi connectivity index (χ3v) is 33.3. The van der Waals surface area contributed by atoms with Crippen LogP contribution in [0, 0.1) is 29.6 Å². The molecule has 8 aliphatic rings. The molecule has 5 amide bonds. The van der Waals surface area contributed by atoms with Crippen LogP contribution in [0.1, 0.15) is 156 Å². The van der Waals surface area contributed by atoms with E-state index in [1.807, 2.05) is 197 Å². The van der Waals surface area contributed by atoms with E-state index < -0.39 is 0 Å². The van der Waals surface area contributed by atoms with Crippen LogP contribution < -0.4 is 5.32 Å². The molecule has 734 valence electrons. The Morgan fingerprint density at radius 1 is 0.379 bits per heavy atom. The number of nitrogens with zero attached hydrogens (tertiary/aromatic N) is 13. The Labute approximate surface area is 863 Å². The van der Waals surface area contributed by atoms with Crippen molar-refractivity contribution in [3.63, 3.8) is 0 Å². The van der Waals surface area contributed by atoms with Crippen LogP contribution in [0.15, 0.2) is 225 Å². The fraction of sp³-hybridized carbons (Fsp3) is 0.411. The third kappa shape index (κ3) is 25.8. The van der Waals surface area contributed by atoms with Gasteiger partial charge in [-0.1, -0.05) is 160 Å². The van der Waals surface area contributed by atoms with Gasteiger partial charge in [0.25, 0.3) is 23.6 Å². The van der Waals surface area contributed by atoms with Gasteiger partial charge >= 0.3 is 0 Å². The fourth-order valence-electron chi connectivity index (χ4n) is 22.4. The molecule has 8 aliphatic heterocycles. The number of fused-ring (bicyclic) bond motifs is 4. The number of hydrogen-bond donors (Lipinski definition) is 1. The van der Waals surface area contributed by atoms with Crippen molar-refractivity contribution in [2.45, 2.75) is 152 Å². The van der Waals surface area contributed by atoms with Gasteiger partial charge in [0.15, 0.2) is 0 Å². The second-order valence-electron chi connectivity index (χ2n) is 39.0.